The molecule has 0 aromatic heterocycles. The maximum Gasteiger partial charge on any atom is 0.0226 e. The second kappa shape index (κ2) is 5.29. The average Bonchev–Trinajstić information content (AvgIpc) is 2.16. The molecule has 0 spiro atoms. The monoisotopic (exact) mass is 196 g/mol. The molecule has 0 fully saturated rings. The first-order valence-corrected chi connectivity index (χ1v) is 5.45. The Morgan fingerprint density at radius 1 is 1.31 bits per heavy atom. The lowest BCUT2D eigenvalue weighted by Crippen LogP contribution is -1.91. The Balaban J connectivity index is 2.74. The van der Waals surface area contributed by atoms with Gasteiger partial charge >= 0.3 is 0 Å². The minimum Gasteiger partial charge on any atom is -0.127 e. The van der Waals surface area contributed by atoms with Crippen LogP contribution in [0.2, 0.25) is 0 Å². The first-order chi connectivity index (χ1) is 6.27. The summed E-state index contributed by atoms with van der Waals surface area (Å²) in [5, 5.41) is 0. The lowest BCUT2D eigenvalue weighted by molar-refractivity contribution is 0.922. The molecule has 0 amide bonds. The SMILES string of the molecule is CCc1cc(CCCCl)ccc1C. The number of halogens is 1. The number of benzene rings is 1. The fourth-order valence-corrected chi connectivity index (χ4v) is 1.67. The molecule has 0 saturated heterocycles. The van der Waals surface area contributed by atoms with Crippen LogP contribution in [0.1, 0.15) is 30.0 Å². The Morgan fingerprint density at radius 2 is 2.08 bits per heavy atom. The van der Waals surface area contributed by atoms with Gasteiger partial charge in [0.25, 0.3) is 0 Å². The fraction of sp³-hybridized carbons (Fsp3) is 0.500. The molecule has 1 aromatic carbocycles. The van der Waals surface area contributed by atoms with E-state index in [4.69, 9.17) is 11.6 Å². The van der Waals surface area contributed by atoms with Crippen molar-refractivity contribution in [1.82, 2.24) is 0 Å². The van der Waals surface area contributed by atoms with Crippen LogP contribution in [0, 0.1) is 6.92 Å². The molecular formula is C12H17Cl. The predicted octanol–water partition coefficient (Wildman–Crippen LogP) is 3.73. The van der Waals surface area contributed by atoms with Crippen LogP contribution in [-0.2, 0) is 12.8 Å². The van der Waals surface area contributed by atoms with Gasteiger partial charge in [-0.3, -0.25) is 0 Å². The molecule has 0 saturated carbocycles. The molecule has 1 aromatic rings. The minimum atomic E-state index is 0.759. The molecule has 0 aliphatic heterocycles. The van der Waals surface area contributed by atoms with E-state index in [9.17, 15) is 0 Å². The molecule has 0 aliphatic rings. The van der Waals surface area contributed by atoms with E-state index >= 15 is 0 Å². The van der Waals surface area contributed by atoms with Crippen LogP contribution in [0.25, 0.3) is 0 Å². The molecule has 0 aliphatic carbocycles. The third-order valence-corrected chi connectivity index (χ3v) is 2.66. The van der Waals surface area contributed by atoms with Crippen LogP contribution in [0.4, 0.5) is 0 Å². The molecular weight excluding hydrogens is 180 g/mol. The van der Waals surface area contributed by atoms with Gasteiger partial charge in [0.1, 0.15) is 0 Å². The van der Waals surface area contributed by atoms with Crippen molar-refractivity contribution in [3.05, 3.63) is 34.9 Å². The number of alkyl halides is 1. The largest absolute Gasteiger partial charge is 0.127 e. The van der Waals surface area contributed by atoms with Crippen molar-refractivity contribution in [2.45, 2.75) is 33.1 Å². The summed E-state index contributed by atoms with van der Waals surface area (Å²) in [7, 11) is 0. The highest BCUT2D eigenvalue weighted by atomic mass is 35.5. The summed E-state index contributed by atoms with van der Waals surface area (Å²) in [6.07, 6.45) is 3.31. The van der Waals surface area contributed by atoms with Crippen molar-refractivity contribution in [2.75, 3.05) is 5.88 Å². The van der Waals surface area contributed by atoms with E-state index in [1.165, 1.54) is 16.7 Å². The van der Waals surface area contributed by atoms with Gasteiger partial charge in [-0.25, -0.2) is 0 Å². The van der Waals surface area contributed by atoms with E-state index in [0.29, 0.717) is 0 Å². The van der Waals surface area contributed by atoms with Crippen molar-refractivity contribution in [1.29, 1.82) is 0 Å². The number of hydrogen-bond donors (Lipinski definition) is 0. The van der Waals surface area contributed by atoms with Crippen molar-refractivity contribution < 1.29 is 0 Å². The zero-order valence-electron chi connectivity index (χ0n) is 8.44. The smallest absolute Gasteiger partial charge is 0.0226 e. The van der Waals surface area contributed by atoms with Gasteiger partial charge in [-0.2, -0.15) is 0 Å². The van der Waals surface area contributed by atoms with E-state index in [1.54, 1.807) is 0 Å². The number of hydrogen-bond acceptors (Lipinski definition) is 0. The van der Waals surface area contributed by atoms with Gasteiger partial charge in [0.15, 0.2) is 0 Å². The van der Waals surface area contributed by atoms with Crippen molar-refractivity contribution in [3.8, 4) is 0 Å². The van der Waals surface area contributed by atoms with Gasteiger partial charge in [-0.1, -0.05) is 25.1 Å². The second-order valence-electron chi connectivity index (χ2n) is 3.41. The quantitative estimate of drug-likeness (QED) is 0.644. The Kier molecular flexibility index (Phi) is 4.31. The van der Waals surface area contributed by atoms with E-state index in [0.717, 1.165) is 25.1 Å². The minimum absolute atomic E-state index is 0.759. The fourth-order valence-electron chi connectivity index (χ4n) is 1.53. The first-order valence-electron chi connectivity index (χ1n) is 4.92. The van der Waals surface area contributed by atoms with E-state index < -0.39 is 0 Å². The molecule has 0 atom stereocenters. The van der Waals surface area contributed by atoms with Crippen LogP contribution in [0.5, 0.6) is 0 Å². The lowest BCUT2D eigenvalue weighted by Gasteiger charge is -2.06. The topological polar surface area (TPSA) is 0 Å². The third-order valence-electron chi connectivity index (χ3n) is 2.39. The highest BCUT2D eigenvalue weighted by Gasteiger charge is 1.98. The summed E-state index contributed by atoms with van der Waals surface area (Å²) in [4.78, 5) is 0. The molecule has 13 heavy (non-hydrogen) atoms. The van der Waals surface area contributed by atoms with Crippen molar-refractivity contribution in [3.63, 3.8) is 0 Å². The van der Waals surface area contributed by atoms with Gasteiger partial charge in [0, 0.05) is 5.88 Å². The highest BCUT2D eigenvalue weighted by molar-refractivity contribution is 6.17. The molecule has 0 nitrogen and oxygen atoms in total. The van der Waals surface area contributed by atoms with Gasteiger partial charge in [0.2, 0.25) is 0 Å². The molecule has 0 unspecified atom stereocenters. The number of aryl methyl sites for hydroxylation is 3. The van der Waals surface area contributed by atoms with Crippen molar-refractivity contribution >= 4 is 11.6 Å². The molecule has 0 N–H and O–H groups in total. The zero-order valence-corrected chi connectivity index (χ0v) is 9.19. The summed E-state index contributed by atoms with van der Waals surface area (Å²) in [5.41, 5.74) is 4.28. The van der Waals surface area contributed by atoms with E-state index in [2.05, 4.69) is 32.0 Å². The highest BCUT2D eigenvalue weighted by Crippen LogP contribution is 2.13. The zero-order chi connectivity index (χ0) is 9.68. The first kappa shape index (κ1) is 10.6. The van der Waals surface area contributed by atoms with Gasteiger partial charge in [-0.05, 0) is 42.9 Å². The molecule has 0 radical (unpaired) electrons. The molecule has 72 valence electrons. The Hall–Kier alpha value is -0.490. The van der Waals surface area contributed by atoms with Crippen LogP contribution in [0.3, 0.4) is 0 Å². The second-order valence-corrected chi connectivity index (χ2v) is 3.78. The van der Waals surface area contributed by atoms with E-state index in [-0.39, 0.29) is 0 Å². The Labute approximate surface area is 85.9 Å². The van der Waals surface area contributed by atoms with Crippen LogP contribution in [-0.4, -0.2) is 5.88 Å². The summed E-state index contributed by atoms with van der Waals surface area (Å²) in [6, 6.07) is 6.73. The maximum atomic E-state index is 5.66. The van der Waals surface area contributed by atoms with E-state index in [1.807, 2.05) is 0 Å². The van der Waals surface area contributed by atoms with Gasteiger partial charge < -0.3 is 0 Å². The number of rotatable bonds is 4. The van der Waals surface area contributed by atoms with Crippen LogP contribution < -0.4 is 0 Å². The molecule has 1 heteroatoms. The molecule has 0 heterocycles. The molecule has 1 rings (SSSR count). The lowest BCUT2D eigenvalue weighted by atomic mass is 10.0. The summed E-state index contributed by atoms with van der Waals surface area (Å²) in [5.74, 6) is 0.759. The normalized spacial score (nSPS) is 10.4. The predicted molar refractivity (Wildman–Crippen MR) is 59.6 cm³/mol. The maximum absolute atomic E-state index is 5.66. The van der Waals surface area contributed by atoms with Crippen molar-refractivity contribution in [2.24, 2.45) is 0 Å². The Morgan fingerprint density at radius 3 is 2.69 bits per heavy atom. The summed E-state index contributed by atoms with van der Waals surface area (Å²) >= 11 is 5.66. The summed E-state index contributed by atoms with van der Waals surface area (Å²) in [6.45, 7) is 4.37. The van der Waals surface area contributed by atoms with Gasteiger partial charge in [0.05, 0.1) is 0 Å². The average molecular weight is 197 g/mol. The Bertz CT molecular complexity index is 266. The molecule has 0 bridgehead atoms. The standard InChI is InChI=1S/C12H17Cl/c1-3-12-9-11(5-4-8-13)7-6-10(12)2/h6-7,9H,3-5,8H2,1-2H3. The third kappa shape index (κ3) is 3.04. The summed E-state index contributed by atoms with van der Waals surface area (Å²) < 4.78 is 0. The van der Waals surface area contributed by atoms with Crippen LogP contribution in [0.15, 0.2) is 18.2 Å². The van der Waals surface area contributed by atoms with Crippen LogP contribution >= 0.6 is 11.6 Å². The van der Waals surface area contributed by atoms with Gasteiger partial charge in [-0.15, -0.1) is 11.6 Å².